The Kier molecular flexibility index (Phi) is 3.41. The first kappa shape index (κ1) is 12.0. The third-order valence-electron chi connectivity index (χ3n) is 2.32. The quantitative estimate of drug-likeness (QED) is 0.853. The second-order valence-corrected chi connectivity index (χ2v) is 4.58. The molecular formula is C11H9IN2O3. The fourth-order valence-corrected chi connectivity index (χ4v) is 2.15. The van der Waals surface area contributed by atoms with E-state index >= 15 is 0 Å². The highest BCUT2D eigenvalue weighted by Gasteiger charge is 2.10. The minimum Gasteiger partial charge on any atom is -0.481 e. The highest BCUT2D eigenvalue weighted by Crippen LogP contribution is 2.09. The maximum atomic E-state index is 12.0. The van der Waals surface area contributed by atoms with Gasteiger partial charge in [0, 0.05) is 12.6 Å². The molecule has 2 aromatic rings. The molecule has 6 heteroatoms. The number of nitrogens with zero attached hydrogens (tertiary/aromatic N) is 2. The number of carbonyl (C=O) groups is 1. The van der Waals surface area contributed by atoms with E-state index in [-0.39, 0.29) is 18.4 Å². The molecule has 0 aliphatic rings. The predicted molar refractivity (Wildman–Crippen MR) is 70.1 cm³/mol. The SMILES string of the molecule is O=C(O)CCc1nc2ccccn2c(=O)c1I. The molecule has 0 amide bonds. The summed E-state index contributed by atoms with van der Waals surface area (Å²) in [5.74, 6) is -0.893. The molecule has 2 rings (SSSR count). The molecule has 0 fully saturated rings. The van der Waals surface area contributed by atoms with Gasteiger partial charge in [0.1, 0.15) is 9.22 Å². The van der Waals surface area contributed by atoms with Gasteiger partial charge in [-0.3, -0.25) is 14.0 Å². The lowest BCUT2D eigenvalue weighted by atomic mass is 10.2. The number of aryl methyl sites for hydroxylation is 1. The number of rotatable bonds is 3. The van der Waals surface area contributed by atoms with Gasteiger partial charge in [-0.2, -0.15) is 0 Å². The molecule has 0 unspecified atom stereocenters. The van der Waals surface area contributed by atoms with Crippen molar-refractivity contribution in [3.05, 3.63) is 44.0 Å². The molecule has 2 heterocycles. The minimum absolute atomic E-state index is 0.0224. The normalized spacial score (nSPS) is 10.6. The van der Waals surface area contributed by atoms with Gasteiger partial charge >= 0.3 is 5.97 Å². The molecule has 0 saturated carbocycles. The summed E-state index contributed by atoms with van der Waals surface area (Å²) in [6.07, 6.45) is 1.90. The van der Waals surface area contributed by atoms with Crippen LogP contribution in [0.5, 0.6) is 0 Å². The van der Waals surface area contributed by atoms with Crippen molar-refractivity contribution in [3.8, 4) is 0 Å². The van der Waals surface area contributed by atoms with E-state index in [1.165, 1.54) is 4.40 Å². The molecule has 0 aliphatic carbocycles. The van der Waals surface area contributed by atoms with Gasteiger partial charge in [-0.1, -0.05) is 6.07 Å². The van der Waals surface area contributed by atoms with E-state index in [1.807, 2.05) is 22.6 Å². The van der Waals surface area contributed by atoms with Crippen molar-refractivity contribution in [3.63, 3.8) is 0 Å². The molecule has 2 aromatic heterocycles. The Bertz CT molecular complexity index is 636. The summed E-state index contributed by atoms with van der Waals surface area (Å²) < 4.78 is 1.93. The van der Waals surface area contributed by atoms with E-state index in [2.05, 4.69) is 4.98 Å². The molecule has 17 heavy (non-hydrogen) atoms. The zero-order valence-electron chi connectivity index (χ0n) is 8.76. The summed E-state index contributed by atoms with van der Waals surface area (Å²) in [4.78, 5) is 26.8. The number of hydrogen-bond acceptors (Lipinski definition) is 3. The van der Waals surface area contributed by atoms with Gasteiger partial charge in [-0.15, -0.1) is 0 Å². The second-order valence-electron chi connectivity index (χ2n) is 3.50. The van der Waals surface area contributed by atoms with Crippen LogP contribution in [0.15, 0.2) is 29.2 Å². The Morgan fingerprint density at radius 3 is 2.94 bits per heavy atom. The van der Waals surface area contributed by atoms with E-state index in [0.717, 1.165) is 0 Å². The van der Waals surface area contributed by atoms with E-state index in [1.54, 1.807) is 24.4 Å². The Morgan fingerprint density at radius 2 is 2.24 bits per heavy atom. The summed E-state index contributed by atoms with van der Waals surface area (Å²) >= 11 is 1.91. The van der Waals surface area contributed by atoms with Gasteiger partial charge in [-0.05, 0) is 34.7 Å². The number of carboxylic acid groups (broad SMARTS) is 1. The standard InChI is InChI=1S/C11H9IN2O3/c12-10-7(4-5-9(15)16)13-8-3-1-2-6-14(8)11(10)17/h1-3,6H,4-5H2,(H,15,16). The average Bonchev–Trinajstić information content (AvgIpc) is 2.32. The Balaban J connectivity index is 2.54. The van der Waals surface area contributed by atoms with E-state index in [4.69, 9.17) is 5.11 Å². The van der Waals surface area contributed by atoms with Gasteiger partial charge < -0.3 is 5.11 Å². The van der Waals surface area contributed by atoms with Crippen LogP contribution in [0, 0.1) is 3.57 Å². The topological polar surface area (TPSA) is 71.7 Å². The molecule has 0 atom stereocenters. The highest BCUT2D eigenvalue weighted by atomic mass is 127. The molecule has 0 bridgehead atoms. The van der Waals surface area contributed by atoms with E-state index < -0.39 is 5.97 Å². The summed E-state index contributed by atoms with van der Waals surface area (Å²) in [6.45, 7) is 0. The number of aromatic nitrogens is 2. The zero-order valence-corrected chi connectivity index (χ0v) is 10.9. The van der Waals surface area contributed by atoms with Crippen LogP contribution in [-0.4, -0.2) is 20.5 Å². The molecule has 0 saturated heterocycles. The van der Waals surface area contributed by atoms with E-state index in [0.29, 0.717) is 14.9 Å². The third-order valence-corrected chi connectivity index (χ3v) is 3.41. The van der Waals surface area contributed by atoms with E-state index in [9.17, 15) is 9.59 Å². The fourth-order valence-electron chi connectivity index (χ4n) is 1.50. The number of hydrogen-bond donors (Lipinski definition) is 1. The van der Waals surface area contributed by atoms with Crippen LogP contribution in [0.2, 0.25) is 0 Å². The van der Waals surface area contributed by atoms with Gasteiger partial charge in [0.2, 0.25) is 0 Å². The molecule has 0 aromatic carbocycles. The van der Waals surface area contributed by atoms with Crippen molar-refractivity contribution in [2.24, 2.45) is 0 Å². The number of halogens is 1. The van der Waals surface area contributed by atoms with Crippen molar-refractivity contribution < 1.29 is 9.90 Å². The maximum Gasteiger partial charge on any atom is 0.303 e. The molecular weight excluding hydrogens is 335 g/mol. The number of aliphatic carboxylic acids is 1. The highest BCUT2D eigenvalue weighted by molar-refractivity contribution is 14.1. The van der Waals surface area contributed by atoms with Gasteiger partial charge in [0.25, 0.3) is 5.56 Å². The molecule has 5 nitrogen and oxygen atoms in total. The van der Waals surface area contributed by atoms with Crippen LogP contribution in [0.1, 0.15) is 12.1 Å². The van der Waals surface area contributed by atoms with Crippen LogP contribution in [-0.2, 0) is 11.2 Å². The molecule has 0 radical (unpaired) electrons. The molecule has 0 aliphatic heterocycles. The first-order valence-electron chi connectivity index (χ1n) is 4.97. The number of carboxylic acids is 1. The Labute approximate surface area is 110 Å². The van der Waals surface area contributed by atoms with Crippen molar-refractivity contribution in [1.82, 2.24) is 9.38 Å². The monoisotopic (exact) mass is 344 g/mol. The molecule has 0 spiro atoms. The van der Waals surface area contributed by atoms with Crippen LogP contribution in [0.3, 0.4) is 0 Å². The van der Waals surface area contributed by atoms with Crippen LogP contribution >= 0.6 is 22.6 Å². The Morgan fingerprint density at radius 1 is 1.47 bits per heavy atom. The fraction of sp³-hybridized carbons (Fsp3) is 0.182. The lowest BCUT2D eigenvalue weighted by Gasteiger charge is -2.05. The Hall–Kier alpha value is -1.44. The van der Waals surface area contributed by atoms with Crippen LogP contribution < -0.4 is 5.56 Å². The third kappa shape index (κ3) is 2.46. The summed E-state index contributed by atoms with van der Waals surface area (Å²) in [5.41, 5.74) is 0.930. The van der Waals surface area contributed by atoms with Crippen molar-refractivity contribution >= 4 is 34.2 Å². The minimum atomic E-state index is -0.893. The van der Waals surface area contributed by atoms with Gasteiger partial charge in [0.15, 0.2) is 0 Å². The van der Waals surface area contributed by atoms with Crippen molar-refractivity contribution in [2.75, 3.05) is 0 Å². The lowest BCUT2D eigenvalue weighted by Crippen LogP contribution is -2.20. The van der Waals surface area contributed by atoms with Gasteiger partial charge in [0.05, 0.1) is 12.1 Å². The van der Waals surface area contributed by atoms with Crippen LogP contribution in [0.4, 0.5) is 0 Å². The summed E-state index contributed by atoms with van der Waals surface area (Å²) in [5, 5.41) is 8.63. The maximum absolute atomic E-state index is 12.0. The molecule has 88 valence electrons. The number of fused-ring (bicyclic) bond motifs is 1. The van der Waals surface area contributed by atoms with Crippen molar-refractivity contribution in [1.29, 1.82) is 0 Å². The van der Waals surface area contributed by atoms with Crippen molar-refractivity contribution in [2.45, 2.75) is 12.8 Å². The average molecular weight is 344 g/mol. The summed E-state index contributed by atoms with van der Waals surface area (Å²) in [6, 6.07) is 5.26. The second kappa shape index (κ2) is 4.82. The van der Waals surface area contributed by atoms with Crippen LogP contribution in [0.25, 0.3) is 5.65 Å². The zero-order chi connectivity index (χ0) is 12.4. The largest absolute Gasteiger partial charge is 0.481 e. The smallest absolute Gasteiger partial charge is 0.303 e. The lowest BCUT2D eigenvalue weighted by molar-refractivity contribution is -0.136. The van der Waals surface area contributed by atoms with Gasteiger partial charge in [-0.25, -0.2) is 4.98 Å². The number of pyridine rings is 1. The summed E-state index contributed by atoms with van der Waals surface area (Å²) in [7, 11) is 0. The molecule has 1 N–H and O–H groups in total. The predicted octanol–water partition coefficient (Wildman–Crippen LogP) is 1.32. The first-order chi connectivity index (χ1) is 8.09. The first-order valence-corrected chi connectivity index (χ1v) is 6.05.